The average molecular weight is 292 g/mol. The Kier molecular flexibility index (Phi) is 4.01. The van der Waals surface area contributed by atoms with Crippen LogP contribution in [0, 0.1) is 15.9 Å². The number of rotatable bonds is 5. The third-order valence-corrected chi connectivity index (χ3v) is 3.47. The maximum absolute atomic E-state index is 13.6. The van der Waals surface area contributed by atoms with Crippen molar-refractivity contribution in [3.63, 3.8) is 0 Å². The van der Waals surface area contributed by atoms with Crippen LogP contribution in [0.25, 0.3) is 0 Å². The molecule has 104 valence electrons. The third-order valence-electron chi connectivity index (χ3n) is 1.97. The molecule has 1 aromatic rings. The minimum absolute atomic E-state index is 0.412. The topological polar surface area (TPSA) is 158 Å². The van der Waals surface area contributed by atoms with Crippen LogP contribution in [0.15, 0.2) is 17.0 Å². The summed E-state index contributed by atoms with van der Waals surface area (Å²) in [4.78, 5) is 19.0. The van der Waals surface area contributed by atoms with Crippen LogP contribution < -0.4 is 16.2 Å². The fraction of sp³-hybridized carbons (Fsp3) is 0.125. The first kappa shape index (κ1) is 14.8. The molecule has 0 aliphatic carbocycles. The minimum Gasteiger partial charge on any atom is -0.397 e. The summed E-state index contributed by atoms with van der Waals surface area (Å²) in [5.74, 6) is -2.38. The summed E-state index contributed by atoms with van der Waals surface area (Å²) in [5.41, 5.74) is 8.67. The molecule has 0 saturated carbocycles. The lowest BCUT2D eigenvalue weighted by atomic mass is 10.3. The van der Waals surface area contributed by atoms with E-state index in [9.17, 15) is 27.7 Å². The molecule has 1 amide bonds. The molecule has 0 bridgehead atoms. The highest BCUT2D eigenvalue weighted by Crippen LogP contribution is 2.27. The number of nitro groups is 1. The zero-order valence-corrected chi connectivity index (χ0v) is 10.1. The lowest BCUT2D eigenvalue weighted by molar-refractivity contribution is -0.385. The Bertz CT molecular complexity index is 622. The monoisotopic (exact) mass is 292 g/mol. The molecule has 9 nitrogen and oxygen atoms in total. The van der Waals surface area contributed by atoms with Crippen molar-refractivity contribution in [2.75, 3.05) is 12.3 Å². The summed E-state index contributed by atoms with van der Waals surface area (Å²) in [6.45, 7) is -0.752. The van der Waals surface area contributed by atoms with E-state index in [1.54, 1.807) is 4.72 Å². The van der Waals surface area contributed by atoms with E-state index in [2.05, 4.69) is 0 Å². The largest absolute Gasteiger partial charge is 0.397 e. The Morgan fingerprint density at radius 2 is 2.05 bits per heavy atom. The molecule has 0 heterocycles. The SMILES string of the molecule is NC(=O)CNS(=O)(=O)c1c(N)cc([N+](=O)[O-])cc1F. The van der Waals surface area contributed by atoms with E-state index >= 15 is 0 Å². The highest BCUT2D eigenvalue weighted by molar-refractivity contribution is 7.89. The number of anilines is 1. The van der Waals surface area contributed by atoms with Gasteiger partial charge in [-0.25, -0.2) is 17.5 Å². The lowest BCUT2D eigenvalue weighted by Gasteiger charge is -2.08. The van der Waals surface area contributed by atoms with Gasteiger partial charge in [0, 0.05) is 6.07 Å². The maximum Gasteiger partial charge on any atom is 0.274 e. The molecule has 0 unspecified atom stereocenters. The standard InChI is InChI=1S/C8H9FN4O5S/c9-5-1-4(13(15)16)2-6(10)8(5)19(17,18)12-3-7(11)14/h1-2,12H,3,10H2,(H2,11,14). The van der Waals surface area contributed by atoms with E-state index in [1.807, 2.05) is 0 Å². The fourth-order valence-corrected chi connectivity index (χ4v) is 2.39. The molecule has 0 fully saturated rings. The first-order valence-electron chi connectivity index (χ1n) is 4.66. The first-order valence-corrected chi connectivity index (χ1v) is 6.15. The number of benzene rings is 1. The summed E-state index contributed by atoms with van der Waals surface area (Å²) in [7, 11) is -4.43. The van der Waals surface area contributed by atoms with Crippen molar-refractivity contribution in [3.8, 4) is 0 Å². The van der Waals surface area contributed by atoms with E-state index in [4.69, 9.17) is 11.5 Å². The van der Waals surface area contributed by atoms with Crippen LogP contribution in [0.1, 0.15) is 0 Å². The van der Waals surface area contributed by atoms with E-state index < -0.39 is 49.5 Å². The highest BCUT2D eigenvalue weighted by Gasteiger charge is 2.25. The van der Waals surface area contributed by atoms with Gasteiger partial charge < -0.3 is 11.5 Å². The number of nitro benzene ring substituents is 1. The lowest BCUT2D eigenvalue weighted by Crippen LogP contribution is -2.34. The van der Waals surface area contributed by atoms with Crippen LogP contribution in [0.5, 0.6) is 0 Å². The molecule has 1 aromatic carbocycles. The molecule has 0 radical (unpaired) electrons. The summed E-state index contributed by atoms with van der Waals surface area (Å²) >= 11 is 0. The second-order valence-corrected chi connectivity index (χ2v) is 5.10. The number of sulfonamides is 1. The number of hydrogen-bond acceptors (Lipinski definition) is 6. The third kappa shape index (κ3) is 3.35. The molecule has 0 aromatic heterocycles. The van der Waals surface area contributed by atoms with Crippen LogP contribution in [0.4, 0.5) is 15.8 Å². The van der Waals surface area contributed by atoms with Crippen LogP contribution in [0.2, 0.25) is 0 Å². The normalized spacial score (nSPS) is 11.2. The fourth-order valence-electron chi connectivity index (χ4n) is 1.23. The van der Waals surface area contributed by atoms with Gasteiger partial charge in [-0.15, -0.1) is 0 Å². The number of nitrogens with two attached hydrogens (primary N) is 2. The van der Waals surface area contributed by atoms with Crippen molar-refractivity contribution in [2.45, 2.75) is 4.90 Å². The van der Waals surface area contributed by atoms with Crippen LogP contribution in [-0.4, -0.2) is 25.8 Å². The van der Waals surface area contributed by atoms with Gasteiger partial charge in [-0.05, 0) is 0 Å². The number of non-ortho nitro benzene ring substituents is 1. The number of amides is 1. The van der Waals surface area contributed by atoms with Crippen LogP contribution in [-0.2, 0) is 14.8 Å². The van der Waals surface area contributed by atoms with Crippen molar-refractivity contribution in [1.82, 2.24) is 4.72 Å². The zero-order valence-electron chi connectivity index (χ0n) is 9.29. The molecule has 1 rings (SSSR count). The number of nitrogens with zero attached hydrogens (tertiary/aromatic N) is 1. The number of halogens is 1. The Balaban J connectivity index is 3.28. The average Bonchev–Trinajstić information content (AvgIpc) is 2.25. The molecule has 0 saturated heterocycles. The van der Waals surface area contributed by atoms with Crippen LogP contribution in [0.3, 0.4) is 0 Å². The smallest absolute Gasteiger partial charge is 0.274 e. The predicted molar refractivity (Wildman–Crippen MR) is 61.8 cm³/mol. The Morgan fingerprint density at radius 3 is 2.47 bits per heavy atom. The number of carbonyl (C=O) groups is 1. The van der Waals surface area contributed by atoms with Crippen molar-refractivity contribution in [1.29, 1.82) is 0 Å². The van der Waals surface area contributed by atoms with E-state index in [0.29, 0.717) is 12.1 Å². The number of primary amides is 1. The Labute approximate surface area is 106 Å². The predicted octanol–water partition coefficient (Wildman–Crippen LogP) is -0.920. The molecular weight excluding hydrogens is 283 g/mol. The summed E-state index contributed by atoms with van der Waals surface area (Å²) < 4.78 is 38.6. The summed E-state index contributed by atoms with van der Waals surface area (Å²) in [6, 6.07) is 1.11. The van der Waals surface area contributed by atoms with Crippen LogP contribution >= 0.6 is 0 Å². The molecule has 0 spiro atoms. The van der Waals surface area contributed by atoms with Crippen molar-refractivity contribution in [2.24, 2.45) is 5.73 Å². The second-order valence-electron chi connectivity index (χ2n) is 3.39. The molecule has 0 atom stereocenters. The number of carbonyl (C=O) groups excluding carboxylic acids is 1. The van der Waals surface area contributed by atoms with Crippen molar-refractivity contribution in [3.05, 3.63) is 28.1 Å². The minimum atomic E-state index is -4.43. The molecule has 19 heavy (non-hydrogen) atoms. The Morgan fingerprint density at radius 1 is 1.47 bits per heavy atom. The zero-order chi connectivity index (χ0) is 14.8. The van der Waals surface area contributed by atoms with Gasteiger partial charge in [0.2, 0.25) is 15.9 Å². The molecule has 5 N–H and O–H groups in total. The Hall–Kier alpha value is -2.27. The van der Waals surface area contributed by atoms with E-state index in [0.717, 1.165) is 0 Å². The van der Waals surface area contributed by atoms with Crippen molar-refractivity contribution >= 4 is 27.3 Å². The number of hydrogen-bond donors (Lipinski definition) is 3. The molecular formula is C8H9FN4O5S. The molecule has 0 aliphatic rings. The van der Waals surface area contributed by atoms with E-state index in [1.165, 1.54) is 0 Å². The first-order chi connectivity index (χ1) is 8.65. The van der Waals surface area contributed by atoms with Gasteiger partial charge in [0.15, 0.2) is 5.82 Å². The van der Waals surface area contributed by atoms with Gasteiger partial charge >= 0.3 is 0 Å². The van der Waals surface area contributed by atoms with Gasteiger partial charge in [-0.1, -0.05) is 0 Å². The second kappa shape index (κ2) is 5.16. The van der Waals surface area contributed by atoms with Gasteiger partial charge in [0.1, 0.15) is 4.90 Å². The maximum atomic E-state index is 13.6. The van der Waals surface area contributed by atoms with Gasteiger partial charge in [-0.2, -0.15) is 0 Å². The summed E-state index contributed by atoms with van der Waals surface area (Å²) in [5, 5.41) is 10.4. The number of nitrogens with one attached hydrogen (secondary N) is 1. The summed E-state index contributed by atoms with van der Waals surface area (Å²) in [6.07, 6.45) is 0. The molecule has 11 heteroatoms. The quantitative estimate of drug-likeness (QED) is 0.361. The van der Waals surface area contributed by atoms with E-state index in [-0.39, 0.29) is 0 Å². The highest BCUT2D eigenvalue weighted by atomic mass is 32.2. The number of nitrogen functional groups attached to an aromatic ring is 1. The van der Waals surface area contributed by atoms with Gasteiger partial charge in [0.05, 0.1) is 23.2 Å². The van der Waals surface area contributed by atoms with Gasteiger partial charge in [-0.3, -0.25) is 14.9 Å². The molecule has 0 aliphatic heterocycles. The van der Waals surface area contributed by atoms with Crippen molar-refractivity contribution < 1.29 is 22.5 Å². The van der Waals surface area contributed by atoms with Gasteiger partial charge in [0.25, 0.3) is 5.69 Å².